The summed E-state index contributed by atoms with van der Waals surface area (Å²) in [4.78, 5) is 4.21. The van der Waals surface area contributed by atoms with E-state index in [9.17, 15) is 0 Å². The molecule has 1 atom stereocenters. The number of hydrogen-bond donors (Lipinski definition) is 1. The highest BCUT2D eigenvalue weighted by Crippen LogP contribution is 2.20. The minimum atomic E-state index is 0.515. The summed E-state index contributed by atoms with van der Waals surface area (Å²) in [5.74, 6) is 1.14. The van der Waals surface area contributed by atoms with Crippen LogP contribution < -0.4 is 5.32 Å². The summed E-state index contributed by atoms with van der Waals surface area (Å²) in [6, 6.07) is 0.515. The number of hydrogen-bond acceptors (Lipinski definition) is 3. The van der Waals surface area contributed by atoms with Gasteiger partial charge in [-0.1, -0.05) is 0 Å². The lowest BCUT2D eigenvalue weighted by Crippen LogP contribution is -2.27. The number of nitrogens with one attached hydrogen (secondary N) is 1. The van der Waals surface area contributed by atoms with Crippen LogP contribution >= 0.6 is 0 Å². The monoisotopic (exact) mass is 166 g/mol. The maximum atomic E-state index is 4.22. The number of nitrogens with zero attached hydrogens (tertiary/aromatic N) is 3. The largest absolute Gasteiger partial charge is 0.318 e. The molecule has 1 aromatic heterocycles. The van der Waals surface area contributed by atoms with Crippen LogP contribution in [0.15, 0.2) is 6.33 Å². The second kappa shape index (κ2) is 3.23. The molecule has 1 unspecified atom stereocenters. The van der Waals surface area contributed by atoms with Crippen LogP contribution in [0.25, 0.3) is 0 Å². The van der Waals surface area contributed by atoms with Crippen LogP contribution in [0.4, 0.5) is 0 Å². The highest BCUT2D eigenvalue weighted by Gasteiger charge is 2.19. The minimum absolute atomic E-state index is 0.515. The molecule has 0 radical (unpaired) electrons. The quantitative estimate of drug-likeness (QED) is 0.690. The van der Waals surface area contributed by atoms with E-state index in [4.69, 9.17) is 0 Å². The fourth-order valence-electron chi connectivity index (χ4n) is 1.80. The van der Waals surface area contributed by atoms with Crippen LogP contribution in [0.1, 0.15) is 24.7 Å². The number of likely N-dealkylation sites (N-methyl/N-ethyl adjacent to an activating group) is 1. The molecule has 0 amide bonds. The summed E-state index contributed by atoms with van der Waals surface area (Å²) in [6.07, 6.45) is 5.20. The van der Waals surface area contributed by atoms with E-state index in [0.29, 0.717) is 6.04 Å². The molecule has 0 aromatic carbocycles. The van der Waals surface area contributed by atoms with Gasteiger partial charge in [-0.05, 0) is 19.9 Å². The Kier molecular flexibility index (Phi) is 2.08. The second-order valence-electron chi connectivity index (χ2n) is 3.22. The molecule has 1 aromatic rings. The second-order valence-corrected chi connectivity index (χ2v) is 3.22. The molecule has 0 bridgehead atoms. The fraction of sp³-hybridized carbons (Fsp3) is 0.750. The van der Waals surface area contributed by atoms with Gasteiger partial charge in [0.15, 0.2) is 0 Å². The molecule has 0 aliphatic carbocycles. The molecular formula is C8H14N4. The molecule has 2 heterocycles. The number of fused-ring (bicyclic) bond motifs is 1. The standard InChI is InChI=1S/C8H14N4/c1-9-5-7-3-2-4-8-10-6-11-12(7)8/h6-7,9H,2-5H2,1H3. The Bertz CT molecular complexity index is 255. The zero-order chi connectivity index (χ0) is 8.39. The maximum absolute atomic E-state index is 4.22. The van der Waals surface area contributed by atoms with E-state index in [0.717, 1.165) is 18.8 Å². The number of rotatable bonds is 2. The van der Waals surface area contributed by atoms with Crippen molar-refractivity contribution in [3.8, 4) is 0 Å². The van der Waals surface area contributed by atoms with Crippen molar-refractivity contribution in [2.45, 2.75) is 25.3 Å². The third-order valence-electron chi connectivity index (χ3n) is 2.37. The Labute approximate surface area is 72.0 Å². The smallest absolute Gasteiger partial charge is 0.138 e. The average Bonchev–Trinajstić information content (AvgIpc) is 2.53. The van der Waals surface area contributed by atoms with Crippen LogP contribution in [-0.4, -0.2) is 28.4 Å². The van der Waals surface area contributed by atoms with Gasteiger partial charge in [-0.3, -0.25) is 0 Å². The minimum Gasteiger partial charge on any atom is -0.318 e. The lowest BCUT2D eigenvalue weighted by atomic mass is 10.1. The van der Waals surface area contributed by atoms with Crippen molar-refractivity contribution in [2.75, 3.05) is 13.6 Å². The van der Waals surface area contributed by atoms with Gasteiger partial charge in [0, 0.05) is 13.0 Å². The zero-order valence-electron chi connectivity index (χ0n) is 7.32. The molecule has 1 aliphatic rings. The van der Waals surface area contributed by atoms with E-state index in [-0.39, 0.29) is 0 Å². The summed E-state index contributed by atoms with van der Waals surface area (Å²) in [7, 11) is 1.98. The van der Waals surface area contributed by atoms with Crippen LogP contribution in [0, 0.1) is 0 Å². The Morgan fingerprint density at radius 1 is 1.75 bits per heavy atom. The molecule has 12 heavy (non-hydrogen) atoms. The van der Waals surface area contributed by atoms with Crippen molar-refractivity contribution >= 4 is 0 Å². The highest BCUT2D eigenvalue weighted by atomic mass is 15.4. The van der Waals surface area contributed by atoms with Crippen LogP contribution in [0.2, 0.25) is 0 Å². The first-order valence-electron chi connectivity index (χ1n) is 4.45. The van der Waals surface area contributed by atoms with Gasteiger partial charge in [0.2, 0.25) is 0 Å². The van der Waals surface area contributed by atoms with Crippen LogP contribution in [-0.2, 0) is 6.42 Å². The summed E-state index contributed by atoms with van der Waals surface area (Å²) in [5, 5.41) is 7.40. The first-order valence-corrected chi connectivity index (χ1v) is 4.45. The van der Waals surface area contributed by atoms with Crippen molar-refractivity contribution < 1.29 is 0 Å². The SMILES string of the molecule is CNCC1CCCc2ncnn21. The van der Waals surface area contributed by atoms with Crippen LogP contribution in [0.3, 0.4) is 0 Å². The normalized spacial score (nSPS) is 22.2. The van der Waals surface area contributed by atoms with Gasteiger partial charge in [0.25, 0.3) is 0 Å². The van der Waals surface area contributed by atoms with E-state index in [1.165, 1.54) is 12.8 Å². The van der Waals surface area contributed by atoms with Crippen molar-refractivity contribution in [1.82, 2.24) is 20.1 Å². The van der Waals surface area contributed by atoms with E-state index in [1.54, 1.807) is 6.33 Å². The van der Waals surface area contributed by atoms with Crippen molar-refractivity contribution in [1.29, 1.82) is 0 Å². The van der Waals surface area contributed by atoms with Gasteiger partial charge >= 0.3 is 0 Å². The van der Waals surface area contributed by atoms with Crippen molar-refractivity contribution in [2.24, 2.45) is 0 Å². The maximum Gasteiger partial charge on any atom is 0.138 e. The zero-order valence-corrected chi connectivity index (χ0v) is 7.32. The van der Waals surface area contributed by atoms with E-state index in [2.05, 4.69) is 20.1 Å². The summed E-state index contributed by atoms with van der Waals surface area (Å²) in [5.41, 5.74) is 0. The molecule has 66 valence electrons. The molecular weight excluding hydrogens is 152 g/mol. The molecule has 1 aliphatic heterocycles. The molecule has 0 spiro atoms. The van der Waals surface area contributed by atoms with Gasteiger partial charge in [0.1, 0.15) is 12.2 Å². The molecule has 4 heteroatoms. The third-order valence-corrected chi connectivity index (χ3v) is 2.37. The van der Waals surface area contributed by atoms with Gasteiger partial charge in [-0.2, -0.15) is 5.10 Å². The van der Waals surface area contributed by atoms with Gasteiger partial charge in [-0.15, -0.1) is 0 Å². The number of aromatic nitrogens is 3. The first kappa shape index (κ1) is 7.73. The molecule has 1 N–H and O–H groups in total. The van der Waals surface area contributed by atoms with Gasteiger partial charge in [0.05, 0.1) is 6.04 Å². The summed E-state index contributed by atoms with van der Waals surface area (Å²) < 4.78 is 2.06. The topological polar surface area (TPSA) is 42.7 Å². The summed E-state index contributed by atoms with van der Waals surface area (Å²) >= 11 is 0. The van der Waals surface area contributed by atoms with Crippen LogP contribution in [0.5, 0.6) is 0 Å². The molecule has 2 rings (SSSR count). The van der Waals surface area contributed by atoms with E-state index < -0.39 is 0 Å². The van der Waals surface area contributed by atoms with Gasteiger partial charge < -0.3 is 5.32 Å². The average molecular weight is 166 g/mol. The van der Waals surface area contributed by atoms with E-state index >= 15 is 0 Å². The molecule has 0 saturated heterocycles. The Morgan fingerprint density at radius 2 is 2.67 bits per heavy atom. The van der Waals surface area contributed by atoms with Crippen molar-refractivity contribution in [3.05, 3.63) is 12.2 Å². The third kappa shape index (κ3) is 1.22. The predicted octanol–water partition coefficient (Wildman–Crippen LogP) is 0.375. The molecule has 0 fully saturated rings. The Hall–Kier alpha value is -0.900. The van der Waals surface area contributed by atoms with Crippen molar-refractivity contribution in [3.63, 3.8) is 0 Å². The van der Waals surface area contributed by atoms with Gasteiger partial charge in [-0.25, -0.2) is 9.67 Å². The lowest BCUT2D eigenvalue weighted by Gasteiger charge is -2.22. The summed E-state index contributed by atoms with van der Waals surface area (Å²) in [6.45, 7) is 0.996. The predicted molar refractivity (Wildman–Crippen MR) is 45.9 cm³/mol. The Balaban J connectivity index is 2.19. The number of aryl methyl sites for hydroxylation is 1. The first-order chi connectivity index (χ1) is 5.92. The molecule has 4 nitrogen and oxygen atoms in total. The fourth-order valence-corrected chi connectivity index (χ4v) is 1.80. The Morgan fingerprint density at radius 3 is 3.50 bits per heavy atom. The molecule has 0 saturated carbocycles. The lowest BCUT2D eigenvalue weighted by molar-refractivity contribution is 0.353. The highest BCUT2D eigenvalue weighted by molar-refractivity contribution is 4.92. The van der Waals surface area contributed by atoms with E-state index in [1.807, 2.05) is 7.05 Å².